The molecule has 1 aromatic carbocycles. The first-order valence-corrected chi connectivity index (χ1v) is 6.70. The van der Waals surface area contributed by atoms with Crippen LogP contribution in [0.15, 0.2) is 24.3 Å². The van der Waals surface area contributed by atoms with E-state index in [0.717, 1.165) is 13.1 Å². The largest absolute Gasteiger partial charge is 0.341 e. The van der Waals surface area contributed by atoms with E-state index in [2.05, 4.69) is 16.0 Å². The third kappa shape index (κ3) is 5.27. The monoisotopic (exact) mass is 278 g/mol. The summed E-state index contributed by atoms with van der Waals surface area (Å²) >= 11 is 0. The lowest BCUT2D eigenvalue weighted by molar-refractivity contribution is -0.117. The van der Waals surface area contributed by atoms with Gasteiger partial charge in [-0.1, -0.05) is 13.8 Å². The number of benzene rings is 1. The summed E-state index contributed by atoms with van der Waals surface area (Å²) in [6.07, 6.45) is 0. The summed E-state index contributed by atoms with van der Waals surface area (Å²) in [7, 11) is 1.55. The summed E-state index contributed by atoms with van der Waals surface area (Å²) in [6, 6.07) is 6.71. The van der Waals surface area contributed by atoms with E-state index in [9.17, 15) is 9.59 Å². The number of nitrogens with one attached hydrogen (secondary N) is 3. The molecule has 0 atom stereocenters. The first-order chi connectivity index (χ1) is 9.58. The van der Waals surface area contributed by atoms with Gasteiger partial charge in [0.2, 0.25) is 5.91 Å². The minimum Gasteiger partial charge on any atom is -0.341 e. The van der Waals surface area contributed by atoms with Gasteiger partial charge < -0.3 is 16.0 Å². The topological polar surface area (TPSA) is 73.5 Å². The SMILES string of the molecule is CCN(CC)CC(=O)Nc1ccc(NC(=O)NC)cc1. The number of hydrogen-bond acceptors (Lipinski definition) is 3. The predicted molar refractivity (Wildman–Crippen MR) is 80.9 cm³/mol. The van der Waals surface area contributed by atoms with Gasteiger partial charge in [0.05, 0.1) is 6.54 Å². The summed E-state index contributed by atoms with van der Waals surface area (Å²) < 4.78 is 0. The number of carbonyl (C=O) groups excluding carboxylic acids is 2. The molecular formula is C14H22N4O2. The molecule has 0 aliphatic rings. The Kier molecular flexibility index (Phi) is 6.52. The molecule has 0 bridgehead atoms. The van der Waals surface area contributed by atoms with Crippen LogP contribution < -0.4 is 16.0 Å². The standard InChI is InChI=1S/C14H22N4O2/c1-4-18(5-2)10-13(19)16-11-6-8-12(9-7-11)17-14(20)15-3/h6-9H,4-5,10H2,1-3H3,(H,16,19)(H2,15,17,20). The zero-order valence-corrected chi connectivity index (χ0v) is 12.2. The van der Waals surface area contributed by atoms with Gasteiger partial charge in [-0.15, -0.1) is 0 Å². The quantitative estimate of drug-likeness (QED) is 0.742. The second-order valence-electron chi connectivity index (χ2n) is 4.29. The molecule has 0 spiro atoms. The van der Waals surface area contributed by atoms with Crippen LogP contribution in [0.2, 0.25) is 0 Å². The van der Waals surface area contributed by atoms with Gasteiger partial charge in [-0.2, -0.15) is 0 Å². The highest BCUT2D eigenvalue weighted by Crippen LogP contribution is 2.13. The molecule has 110 valence electrons. The number of hydrogen-bond donors (Lipinski definition) is 3. The van der Waals surface area contributed by atoms with Crippen LogP contribution in [0.3, 0.4) is 0 Å². The zero-order chi connectivity index (χ0) is 15.0. The Balaban J connectivity index is 2.52. The Labute approximate surface area is 119 Å². The molecule has 0 heterocycles. The summed E-state index contributed by atoms with van der Waals surface area (Å²) in [6.45, 7) is 6.12. The first kappa shape index (κ1) is 16.0. The fourth-order valence-corrected chi connectivity index (χ4v) is 1.68. The summed E-state index contributed by atoms with van der Waals surface area (Å²) in [5.41, 5.74) is 1.38. The van der Waals surface area contributed by atoms with Gasteiger partial charge in [0.15, 0.2) is 0 Å². The summed E-state index contributed by atoms with van der Waals surface area (Å²) in [4.78, 5) is 25.0. The van der Waals surface area contributed by atoms with E-state index in [1.807, 2.05) is 18.7 Å². The van der Waals surface area contributed by atoms with E-state index >= 15 is 0 Å². The van der Waals surface area contributed by atoms with Gasteiger partial charge in [0, 0.05) is 18.4 Å². The van der Waals surface area contributed by atoms with E-state index in [1.54, 1.807) is 31.3 Å². The van der Waals surface area contributed by atoms with Crippen LogP contribution in [0, 0.1) is 0 Å². The van der Waals surface area contributed by atoms with Gasteiger partial charge >= 0.3 is 6.03 Å². The molecule has 1 aromatic rings. The van der Waals surface area contributed by atoms with Crippen LogP contribution in [0.1, 0.15) is 13.8 Å². The average molecular weight is 278 g/mol. The van der Waals surface area contributed by atoms with Crippen molar-refractivity contribution in [3.8, 4) is 0 Å². The third-order valence-electron chi connectivity index (χ3n) is 2.92. The molecule has 1 rings (SSSR count). The van der Waals surface area contributed by atoms with Gasteiger partial charge in [-0.3, -0.25) is 9.69 Å². The van der Waals surface area contributed by atoms with Crippen LogP contribution >= 0.6 is 0 Å². The maximum Gasteiger partial charge on any atom is 0.318 e. The Morgan fingerprint density at radius 1 is 1.00 bits per heavy atom. The molecule has 0 aliphatic carbocycles. The lowest BCUT2D eigenvalue weighted by atomic mass is 10.2. The molecule has 0 aromatic heterocycles. The van der Waals surface area contributed by atoms with Crippen LogP contribution in [0.5, 0.6) is 0 Å². The van der Waals surface area contributed by atoms with Crippen LogP contribution in [0.25, 0.3) is 0 Å². The second kappa shape index (κ2) is 8.16. The van der Waals surface area contributed by atoms with Gasteiger partial charge in [-0.25, -0.2) is 4.79 Å². The minimum atomic E-state index is -0.275. The number of amides is 3. The van der Waals surface area contributed by atoms with Crippen LogP contribution in [-0.2, 0) is 4.79 Å². The van der Waals surface area contributed by atoms with Crippen molar-refractivity contribution in [2.45, 2.75) is 13.8 Å². The van der Waals surface area contributed by atoms with Crippen molar-refractivity contribution in [3.05, 3.63) is 24.3 Å². The van der Waals surface area contributed by atoms with E-state index in [0.29, 0.717) is 17.9 Å². The summed E-state index contributed by atoms with van der Waals surface area (Å²) in [5.74, 6) is -0.0410. The number of carbonyl (C=O) groups is 2. The zero-order valence-electron chi connectivity index (χ0n) is 12.2. The Bertz CT molecular complexity index is 441. The lowest BCUT2D eigenvalue weighted by Gasteiger charge is -2.17. The van der Waals surface area contributed by atoms with Crippen molar-refractivity contribution in [1.29, 1.82) is 0 Å². The Morgan fingerprint density at radius 3 is 1.95 bits per heavy atom. The van der Waals surface area contributed by atoms with Crippen molar-refractivity contribution < 1.29 is 9.59 Å². The Hall–Kier alpha value is -2.08. The average Bonchev–Trinajstić information content (AvgIpc) is 2.46. The van der Waals surface area contributed by atoms with E-state index in [1.165, 1.54) is 0 Å². The lowest BCUT2D eigenvalue weighted by Crippen LogP contribution is -2.32. The minimum absolute atomic E-state index is 0.0410. The molecule has 0 saturated carbocycles. The number of likely N-dealkylation sites (N-methyl/N-ethyl adjacent to an activating group) is 1. The molecule has 0 saturated heterocycles. The third-order valence-corrected chi connectivity index (χ3v) is 2.92. The highest BCUT2D eigenvalue weighted by atomic mass is 16.2. The fraction of sp³-hybridized carbons (Fsp3) is 0.429. The number of rotatable bonds is 6. The molecule has 3 N–H and O–H groups in total. The first-order valence-electron chi connectivity index (χ1n) is 6.70. The fourth-order valence-electron chi connectivity index (χ4n) is 1.68. The molecular weight excluding hydrogens is 256 g/mol. The van der Waals surface area contributed by atoms with E-state index in [4.69, 9.17) is 0 Å². The highest BCUT2D eigenvalue weighted by Gasteiger charge is 2.07. The maximum atomic E-state index is 11.8. The number of urea groups is 1. The van der Waals surface area contributed by atoms with E-state index in [-0.39, 0.29) is 11.9 Å². The van der Waals surface area contributed by atoms with Gasteiger partial charge in [-0.05, 0) is 37.4 Å². The van der Waals surface area contributed by atoms with Crippen LogP contribution in [-0.4, -0.2) is 43.5 Å². The number of nitrogens with zero attached hydrogens (tertiary/aromatic N) is 1. The molecule has 0 radical (unpaired) electrons. The normalized spacial score (nSPS) is 10.2. The molecule has 20 heavy (non-hydrogen) atoms. The number of anilines is 2. The molecule has 3 amide bonds. The van der Waals surface area contributed by atoms with Gasteiger partial charge in [0.1, 0.15) is 0 Å². The molecule has 6 heteroatoms. The second-order valence-corrected chi connectivity index (χ2v) is 4.29. The Morgan fingerprint density at radius 2 is 1.50 bits per heavy atom. The highest BCUT2D eigenvalue weighted by molar-refractivity contribution is 5.93. The molecule has 6 nitrogen and oxygen atoms in total. The molecule has 0 aliphatic heterocycles. The van der Waals surface area contributed by atoms with Crippen molar-refractivity contribution in [2.24, 2.45) is 0 Å². The van der Waals surface area contributed by atoms with Crippen LogP contribution in [0.4, 0.5) is 16.2 Å². The molecule has 0 fully saturated rings. The van der Waals surface area contributed by atoms with Crippen molar-refractivity contribution in [1.82, 2.24) is 10.2 Å². The summed E-state index contributed by atoms with van der Waals surface area (Å²) in [5, 5.41) is 7.95. The molecule has 0 unspecified atom stereocenters. The van der Waals surface area contributed by atoms with Crippen molar-refractivity contribution in [3.63, 3.8) is 0 Å². The predicted octanol–water partition coefficient (Wildman–Crippen LogP) is 1.72. The maximum absolute atomic E-state index is 11.8. The van der Waals surface area contributed by atoms with Crippen molar-refractivity contribution in [2.75, 3.05) is 37.3 Å². The van der Waals surface area contributed by atoms with E-state index < -0.39 is 0 Å². The van der Waals surface area contributed by atoms with Gasteiger partial charge in [0.25, 0.3) is 0 Å². The smallest absolute Gasteiger partial charge is 0.318 e. The van der Waals surface area contributed by atoms with Crippen molar-refractivity contribution >= 4 is 23.3 Å².